The molecular formula is C21H24N8O13P2S. The largest absolute Gasteiger partial charge is 0.472 e. The van der Waals surface area contributed by atoms with Crippen LogP contribution in [0, 0.1) is 0 Å². The molecule has 3 unspecified atom stereocenters. The van der Waals surface area contributed by atoms with Crippen molar-refractivity contribution in [1.29, 1.82) is 0 Å². The number of rotatable bonds is 2. The minimum Gasteiger partial charge on any atom is -0.387 e. The van der Waals surface area contributed by atoms with E-state index in [4.69, 9.17) is 45.1 Å². The van der Waals surface area contributed by atoms with E-state index in [2.05, 4.69) is 24.9 Å². The molecule has 3 aromatic rings. The number of anilines is 1. The number of imidazole rings is 2. The van der Waals surface area contributed by atoms with Crippen molar-refractivity contribution >= 4 is 61.3 Å². The van der Waals surface area contributed by atoms with Crippen molar-refractivity contribution in [1.82, 2.24) is 29.1 Å². The lowest BCUT2D eigenvalue weighted by Gasteiger charge is -2.27. The van der Waals surface area contributed by atoms with Gasteiger partial charge in [0.25, 0.3) is 5.56 Å². The van der Waals surface area contributed by atoms with E-state index in [0.717, 1.165) is 10.9 Å². The zero-order valence-electron chi connectivity index (χ0n) is 22.5. The number of Topliss-reactive ketones (excluding diaryl/α,β-unsaturated/α-hetero) is 1. The molecule has 3 aromatic heterocycles. The topological polar surface area (TPSA) is 290 Å². The molecule has 4 aliphatic heterocycles. The van der Waals surface area contributed by atoms with E-state index in [1.807, 2.05) is 0 Å². The van der Waals surface area contributed by atoms with E-state index in [0.29, 0.717) is 0 Å². The van der Waals surface area contributed by atoms with Crippen LogP contribution in [0.15, 0.2) is 22.4 Å². The Hall–Kier alpha value is -2.82. The number of H-pyrrole nitrogens is 1. The number of phosphoric ester groups is 1. The van der Waals surface area contributed by atoms with Crippen LogP contribution in [-0.4, -0.2) is 111 Å². The maximum absolute atomic E-state index is 13.2. The highest BCUT2D eigenvalue weighted by molar-refractivity contribution is 8.07. The highest BCUT2D eigenvalue weighted by atomic mass is 32.5. The van der Waals surface area contributed by atoms with Crippen molar-refractivity contribution in [2.75, 3.05) is 18.9 Å². The molecule has 3 fully saturated rings. The number of ether oxygens (including phenoxy) is 2. The lowest BCUT2D eigenvalue weighted by molar-refractivity contribution is -0.0650. The first-order chi connectivity index (χ1) is 21.3. The molecule has 0 aliphatic carbocycles. The van der Waals surface area contributed by atoms with Crippen LogP contribution in [0.2, 0.25) is 0 Å². The molecule has 2 bridgehead atoms. The summed E-state index contributed by atoms with van der Waals surface area (Å²) in [4.78, 5) is 64.7. The maximum atomic E-state index is 13.2. The molecule has 21 nitrogen and oxygen atoms in total. The Morgan fingerprint density at radius 1 is 0.978 bits per heavy atom. The van der Waals surface area contributed by atoms with Crippen LogP contribution in [0.25, 0.3) is 11.2 Å². The molecule has 4 aliphatic rings. The number of nitrogens with zero attached hydrogens (tertiary/aromatic N) is 6. The molecule has 0 saturated carbocycles. The van der Waals surface area contributed by atoms with Gasteiger partial charge >= 0.3 is 14.5 Å². The van der Waals surface area contributed by atoms with Crippen molar-refractivity contribution in [3.05, 3.63) is 28.7 Å². The van der Waals surface area contributed by atoms with Gasteiger partial charge in [-0.05, 0) is 11.8 Å². The number of aliphatic hydroxyl groups is 2. The minimum atomic E-state index is -5.07. The number of carbonyl (C=O) groups excluding carboxylic acids is 1. The summed E-state index contributed by atoms with van der Waals surface area (Å²) in [6, 6.07) is 0. The van der Waals surface area contributed by atoms with Gasteiger partial charge in [0.05, 0.1) is 25.9 Å². The second-order valence-corrected chi connectivity index (χ2v) is 14.5. The number of hydrogen-bond donors (Lipinski definition) is 6. The third-order valence-corrected chi connectivity index (χ3v) is 10.0. The van der Waals surface area contributed by atoms with Crippen molar-refractivity contribution in [2.45, 2.75) is 55.5 Å². The fraction of sp³-hybridized carbons (Fsp3) is 0.524. The summed E-state index contributed by atoms with van der Waals surface area (Å²) in [6.07, 6.45) is -8.15. The summed E-state index contributed by atoms with van der Waals surface area (Å²) in [5, 5.41) is 22.3. The molecule has 3 saturated heterocycles. The first-order valence-electron chi connectivity index (χ1n) is 13.2. The number of aromatic amines is 1. The first kappa shape index (κ1) is 30.8. The van der Waals surface area contributed by atoms with Gasteiger partial charge in [0, 0.05) is 12.6 Å². The molecule has 0 spiro atoms. The Morgan fingerprint density at radius 2 is 1.71 bits per heavy atom. The molecular weight excluding hydrogens is 666 g/mol. The minimum absolute atomic E-state index is 0.0397. The van der Waals surface area contributed by atoms with Gasteiger partial charge in [-0.25, -0.2) is 19.5 Å². The third kappa shape index (κ3) is 5.50. The van der Waals surface area contributed by atoms with Crippen LogP contribution in [0.4, 0.5) is 11.8 Å². The molecule has 0 radical (unpaired) electrons. The number of fused-ring (bicyclic) bond motifs is 5. The monoisotopic (exact) mass is 690 g/mol. The molecule has 45 heavy (non-hydrogen) atoms. The van der Waals surface area contributed by atoms with Crippen LogP contribution in [0.1, 0.15) is 29.4 Å². The summed E-state index contributed by atoms with van der Waals surface area (Å²) in [7, 11) is -5.07. The fourth-order valence-electron chi connectivity index (χ4n) is 5.42. The second kappa shape index (κ2) is 11.2. The van der Waals surface area contributed by atoms with E-state index in [1.165, 1.54) is 17.1 Å². The Morgan fingerprint density at radius 3 is 2.51 bits per heavy atom. The standard InChI is InChI=1S/C21H24N8O13P2S/c22-21-26-17-11(18(33)27-21)25-6-29(17)20-15-12(31)8(39-20)3-38-44(36,45)42-14-9(4-37-43(34,35)41-15)40-19(13(14)32)28-5-24-10-7(30)1-2-23-16(10)28/h2,5-6,8-9,12-15,19-20,31-32H,1,3-4H2,(H,34,35)(H,36,45)(H3,22,26,27,33)/t8-,9-,12-,13-,14-,15?,19-,20-,44?/m1/s1. The first-order valence-corrected chi connectivity index (χ1v) is 17.2. The molecule has 7 heterocycles. The third-order valence-electron chi connectivity index (χ3n) is 7.46. The van der Waals surface area contributed by atoms with Gasteiger partial charge in [-0.15, -0.1) is 0 Å². The Balaban J connectivity index is 1.20. The maximum Gasteiger partial charge on any atom is 0.472 e. The summed E-state index contributed by atoms with van der Waals surface area (Å²) < 4.78 is 49.0. The SMILES string of the molecule is Nc1nc2c(ncn2[C@@H]2O[C@@H]3COP(O)(=S)O[C@H]4[C@@H](O)[C@H](n5cnc6c5N=CCC6=O)O[C@@H]4COP(=O)(O)OC2[C@@H]3O)c(=O)[nH]1. The number of ketones is 1. The number of nitrogens with two attached hydrogens (primary N) is 1. The van der Waals surface area contributed by atoms with Crippen LogP contribution in [-0.2, 0) is 43.9 Å². The summed E-state index contributed by atoms with van der Waals surface area (Å²) in [6.45, 7) is -5.63. The molecule has 10 atom stereocenters. The lowest BCUT2D eigenvalue weighted by atomic mass is 10.1. The quantitative estimate of drug-likeness (QED) is 0.167. The second-order valence-electron chi connectivity index (χ2n) is 10.3. The summed E-state index contributed by atoms with van der Waals surface area (Å²) in [5.41, 5.74) is 4.80. The van der Waals surface area contributed by atoms with Crippen LogP contribution >= 0.6 is 14.5 Å². The predicted octanol–water partition coefficient (Wildman–Crippen LogP) is -1.46. The Kier molecular flexibility index (Phi) is 7.64. The van der Waals surface area contributed by atoms with Crippen LogP contribution in [0.5, 0.6) is 0 Å². The summed E-state index contributed by atoms with van der Waals surface area (Å²) in [5.74, 6) is -0.472. The van der Waals surface area contributed by atoms with E-state index in [1.54, 1.807) is 0 Å². The molecule has 242 valence electrons. The number of nitrogen functional groups attached to an aromatic ring is 1. The lowest BCUT2D eigenvalue weighted by Crippen LogP contribution is -2.36. The molecule has 0 aromatic carbocycles. The number of aliphatic imine (C=N–C) groups is 1. The normalized spacial score (nSPS) is 38.8. The van der Waals surface area contributed by atoms with E-state index >= 15 is 0 Å². The zero-order chi connectivity index (χ0) is 31.8. The fourth-order valence-corrected chi connectivity index (χ4v) is 7.79. The van der Waals surface area contributed by atoms with E-state index in [-0.39, 0.29) is 40.8 Å². The van der Waals surface area contributed by atoms with Gasteiger partial charge in [0.15, 0.2) is 40.9 Å². The molecule has 0 amide bonds. The van der Waals surface area contributed by atoms with Crippen molar-refractivity contribution in [3.8, 4) is 0 Å². The Labute approximate surface area is 255 Å². The smallest absolute Gasteiger partial charge is 0.387 e. The van der Waals surface area contributed by atoms with Gasteiger partial charge in [0.2, 0.25) is 5.95 Å². The molecule has 7 N–H and O–H groups in total. The number of phosphoric acid groups is 1. The average molecular weight is 690 g/mol. The average Bonchev–Trinajstić information content (AvgIpc) is 3.72. The predicted molar refractivity (Wildman–Crippen MR) is 150 cm³/mol. The van der Waals surface area contributed by atoms with Crippen molar-refractivity contribution < 1.29 is 56.9 Å². The van der Waals surface area contributed by atoms with Crippen LogP contribution < -0.4 is 11.3 Å². The highest BCUT2D eigenvalue weighted by Gasteiger charge is 2.53. The van der Waals surface area contributed by atoms with Gasteiger partial charge in [-0.2, -0.15) is 4.98 Å². The number of hydrogen-bond acceptors (Lipinski definition) is 17. The number of aliphatic hydroxyl groups excluding tert-OH is 2. The Bertz CT molecular complexity index is 1860. The van der Waals surface area contributed by atoms with Gasteiger partial charge in [0.1, 0.15) is 36.6 Å². The zero-order valence-corrected chi connectivity index (χ0v) is 25.1. The van der Waals surface area contributed by atoms with Crippen molar-refractivity contribution in [2.24, 2.45) is 4.99 Å². The highest BCUT2D eigenvalue weighted by Crippen LogP contribution is 2.54. The van der Waals surface area contributed by atoms with E-state index < -0.39 is 82.4 Å². The number of carbonyl (C=O) groups is 1. The molecule has 7 rings (SSSR count). The molecule has 24 heteroatoms. The van der Waals surface area contributed by atoms with Gasteiger partial charge in [-0.3, -0.25) is 37.3 Å². The van der Waals surface area contributed by atoms with Gasteiger partial charge in [-0.1, -0.05) is 0 Å². The van der Waals surface area contributed by atoms with Gasteiger partial charge < -0.3 is 39.7 Å². The van der Waals surface area contributed by atoms with Crippen LogP contribution in [0.3, 0.4) is 0 Å². The number of aromatic nitrogens is 6. The van der Waals surface area contributed by atoms with E-state index in [9.17, 15) is 34.2 Å². The number of nitrogens with one attached hydrogen (secondary N) is 1. The summed E-state index contributed by atoms with van der Waals surface area (Å²) >= 11 is 5.16. The van der Waals surface area contributed by atoms with Crippen molar-refractivity contribution in [3.63, 3.8) is 0 Å².